The van der Waals surface area contributed by atoms with Crippen molar-refractivity contribution in [1.82, 2.24) is 4.31 Å². The van der Waals surface area contributed by atoms with Gasteiger partial charge in [0.15, 0.2) is 0 Å². The van der Waals surface area contributed by atoms with E-state index in [2.05, 4.69) is 15.9 Å². The van der Waals surface area contributed by atoms with Crippen molar-refractivity contribution >= 4 is 31.6 Å². The predicted molar refractivity (Wildman–Crippen MR) is 77.8 cm³/mol. The number of hydrogen-bond donors (Lipinski definition) is 1. The van der Waals surface area contributed by atoms with Gasteiger partial charge in [-0.3, -0.25) is 0 Å². The average molecular weight is 353 g/mol. The smallest absolute Gasteiger partial charge is 0.244 e. The average Bonchev–Trinajstić information content (AvgIpc) is 2.30. The number of nitrogens with two attached hydrogens (primary N) is 1. The lowest BCUT2D eigenvalue weighted by Gasteiger charge is -2.23. The number of nitrogens with zero attached hydrogens (tertiary/aromatic N) is 1. The fraction of sp³-hybridized carbons (Fsp3) is 0.500. The molecule has 0 aliphatic heterocycles. The number of hydrogen-bond acceptors (Lipinski definition) is 3. The normalized spacial score (nSPS) is 12.4. The third-order valence-corrected chi connectivity index (χ3v) is 5.49. The molecule has 0 saturated carbocycles. The second-order valence-corrected chi connectivity index (χ2v) is 7.41. The molecule has 0 unspecified atom stereocenters. The van der Waals surface area contributed by atoms with Gasteiger partial charge in [-0.1, -0.05) is 20.8 Å². The van der Waals surface area contributed by atoms with Crippen molar-refractivity contribution in [3.63, 3.8) is 0 Å². The molecule has 1 rings (SSSR count). The van der Waals surface area contributed by atoms with Crippen molar-refractivity contribution in [2.45, 2.75) is 25.7 Å². The van der Waals surface area contributed by atoms with Crippen molar-refractivity contribution in [2.24, 2.45) is 5.92 Å². The molecular formula is C12H18BrFN2O2S. The Morgan fingerprint density at radius 3 is 2.47 bits per heavy atom. The molecule has 0 heterocycles. The van der Waals surface area contributed by atoms with E-state index in [9.17, 15) is 12.8 Å². The van der Waals surface area contributed by atoms with E-state index >= 15 is 0 Å². The molecule has 4 nitrogen and oxygen atoms in total. The van der Waals surface area contributed by atoms with Crippen LogP contribution in [-0.4, -0.2) is 25.8 Å². The number of sulfonamides is 1. The molecule has 0 spiro atoms. The van der Waals surface area contributed by atoms with E-state index in [1.54, 1.807) is 6.92 Å². The number of benzene rings is 1. The summed E-state index contributed by atoms with van der Waals surface area (Å²) in [7, 11) is -3.68. The zero-order valence-electron chi connectivity index (χ0n) is 11.2. The summed E-state index contributed by atoms with van der Waals surface area (Å²) in [4.78, 5) is -0.00565. The highest BCUT2D eigenvalue weighted by molar-refractivity contribution is 9.10. The summed E-state index contributed by atoms with van der Waals surface area (Å²) in [5.41, 5.74) is 5.27. The van der Waals surface area contributed by atoms with Gasteiger partial charge in [-0.15, -0.1) is 0 Å². The Bertz CT molecular complexity index is 561. The first-order valence-corrected chi connectivity index (χ1v) is 8.18. The lowest BCUT2D eigenvalue weighted by Crippen LogP contribution is -2.34. The minimum Gasteiger partial charge on any atom is -0.396 e. The Balaban J connectivity index is 3.30. The van der Waals surface area contributed by atoms with Gasteiger partial charge in [0.1, 0.15) is 5.82 Å². The molecule has 0 aliphatic carbocycles. The first kappa shape index (κ1) is 16.4. The van der Waals surface area contributed by atoms with Crippen LogP contribution in [-0.2, 0) is 10.0 Å². The molecule has 0 bridgehead atoms. The summed E-state index contributed by atoms with van der Waals surface area (Å²) < 4.78 is 39.8. The van der Waals surface area contributed by atoms with Crippen LogP contribution in [0.25, 0.3) is 0 Å². The van der Waals surface area contributed by atoms with Crippen molar-refractivity contribution in [3.05, 3.63) is 22.4 Å². The van der Waals surface area contributed by atoms with Gasteiger partial charge in [0, 0.05) is 17.6 Å². The third kappa shape index (κ3) is 3.67. The molecule has 1 aromatic carbocycles. The quantitative estimate of drug-likeness (QED) is 0.828. The molecule has 19 heavy (non-hydrogen) atoms. The summed E-state index contributed by atoms with van der Waals surface area (Å²) in [6.45, 7) is 6.39. The van der Waals surface area contributed by atoms with E-state index in [1.165, 1.54) is 4.31 Å². The third-order valence-electron chi connectivity index (χ3n) is 2.59. The maximum absolute atomic E-state index is 13.3. The van der Waals surface area contributed by atoms with Crippen molar-refractivity contribution < 1.29 is 12.8 Å². The Labute approximate surface area is 122 Å². The SMILES string of the molecule is CCN(CC(C)C)S(=O)(=O)c1cc(N)c(F)cc1Br. The largest absolute Gasteiger partial charge is 0.396 e. The van der Waals surface area contributed by atoms with Crippen LogP contribution >= 0.6 is 15.9 Å². The van der Waals surface area contributed by atoms with Gasteiger partial charge >= 0.3 is 0 Å². The van der Waals surface area contributed by atoms with Crippen LogP contribution in [0.4, 0.5) is 10.1 Å². The summed E-state index contributed by atoms with van der Waals surface area (Å²) in [6, 6.07) is 2.23. The van der Waals surface area contributed by atoms with Crippen molar-refractivity contribution in [1.29, 1.82) is 0 Å². The van der Waals surface area contributed by atoms with Crippen molar-refractivity contribution in [2.75, 3.05) is 18.8 Å². The van der Waals surface area contributed by atoms with E-state index in [-0.39, 0.29) is 21.0 Å². The highest BCUT2D eigenvalue weighted by Crippen LogP contribution is 2.29. The molecule has 0 aliphatic rings. The minimum absolute atomic E-state index is 0.00565. The van der Waals surface area contributed by atoms with Gasteiger partial charge in [-0.2, -0.15) is 4.31 Å². The molecule has 0 amide bonds. The van der Waals surface area contributed by atoms with Gasteiger partial charge in [0.05, 0.1) is 10.6 Å². The molecule has 0 aromatic heterocycles. The Kier molecular flexibility index (Phi) is 5.34. The van der Waals surface area contributed by atoms with Crippen LogP contribution in [0.1, 0.15) is 20.8 Å². The molecule has 0 fully saturated rings. The van der Waals surface area contributed by atoms with Crippen LogP contribution < -0.4 is 5.73 Å². The van der Waals surface area contributed by atoms with E-state index in [1.807, 2.05) is 13.8 Å². The monoisotopic (exact) mass is 352 g/mol. The fourth-order valence-electron chi connectivity index (χ4n) is 1.69. The van der Waals surface area contributed by atoms with Crippen LogP contribution in [0, 0.1) is 11.7 Å². The Hall–Kier alpha value is -0.660. The fourth-order valence-corrected chi connectivity index (χ4v) is 4.31. The van der Waals surface area contributed by atoms with E-state index in [0.717, 1.165) is 12.1 Å². The first-order valence-electron chi connectivity index (χ1n) is 5.94. The van der Waals surface area contributed by atoms with Gasteiger partial charge in [-0.25, -0.2) is 12.8 Å². The van der Waals surface area contributed by atoms with E-state index in [4.69, 9.17) is 5.73 Å². The second kappa shape index (κ2) is 6.19. The molecule has 0 radical (unpaired) electrons. The highest BCUT2D eigenvalue weighted by Gasteiger charge is 2.26. The van der Waals surface area contributed by atoms with Gasteiger partial charge in [0.2, 0.25) is 10.0 Å². The van der Waals surface area contributed by atoms with Crippen LogP contribution in [0.5, 0.6) is 0 Å². The van der Waals surface area contributed by atoms with Crippen LogP contribution in [0.3, 0.4) is 0 Å². The molecule has 0 saturated heterocycles. The maximum Gasteiger partial charge on any atom is 0.244 e. The zero-order valence-corrected chi connectivity index (χ0v) is 13.6. The summed E-state index contributed by atoms with van der Waals surface area (Å²) in [6.07, 6.45) is 0. The Morgan fingerprint density at radius 2 is 2.00 bits per heavy atom. The van der Waals surface area contributed by atoms with E-state index in [0.29, 0.717) is 13.1 Å². The number of halogens is 2. The number of nitrogen functional groups attached to an aromatic ring is 1. The predicted octanol–water partition coefficient (Wildman–Crippen LogP) is 2.84. The summed E-state index contributed by atoms with van der Waals surface area (Å²) >= 11 is 3.08. The van der Waals surface area contributed by atoms with Gasteiger partial charge in [-0.05, 0) is 34.0 Å². The maximum atomic E-state index is 13.3. The van der Waals surface area contributed by atoms with Gasteiger partial charge in [0.25, 0.3) is 0 Å². The molecule has 108 valence electrons. The minimum atomic E-state index is -3.68. The van der Waals surface area contributed by atoms with Crippen molar-refractivity contribution in [3.8, 4) is 0 Å². The number of rotatable bonds is 5. The van der Waals surface area contributed by atoms with E-state index < -0.39 is 15.8 Å². The molecule has 0 atom stereocenters. The van der Waals surface area contributed by atoms with Crippen LogP contribution in [0.15, 0.2) is 21.5 Å². The molecule has 2 N–H and O–H groups in total. The lowest BCUT2D eigenvalue weighted by molar-refractivity contribution is 0.380. The van der Waals surface area contributed by atoms with Crippen LogP contribution in [0.2, 0.25) is 0 Å². The number of anilines is 1. The summed E-state index contributed by atoms with van der Waals surface area (Å²) in [5, 5.41) is 0. The first-order chi connectivity index (χ1) is 8.70. The molecule has 1 aromatic rings. The summed E-state index contributed by atoms with van der Waals surface area (Å²) in [5.74, 6) is -0.441. The molecular weight excluding hydrogens is 335 g/mol. The molecule has 7 heteroatoms. The zero-order chi connectivity index (χ0) is 14.8. The topological polar surface area (TPSA) is 63.4 Å². The standard InChI is InChI=1S/C12H18BrFN2O2S/c1-4-16(7-8(2)3)19(17,18)12-6-11(15)10(14)5-9(12)13/h5-6,8H,4,7,15H2,1-3H3. The Morgan fingerprint density at radius 1 is 1.42 bits per heavy atom. The second-order valence-electron chi connectivity index (χ2n) is 4.65. The highest BCUT2D eigenvalue weighted by atomic mass is 79.9. The van der Waals surface area contributed by atoms with Gasteiger partial charge < -0.3 is 5.73 Å². The lowest BCUT2D eigenvalue weighted by atomic mass is 10.2.